The second-order valence-electron chi connectivity index (χ2n) is 4.94. The van der Waals surface area contributed by atoms with E-state index >= 15 is 0 Å². The molecule has 0 saturated carbocycles. The number of benzene rings is 1. The molecule has 6 heteroatoms. The first-order valence-electron chi connectivity index (χ1n) is 7.47. The highest BCUT2D eigenvalue weighted by Crippen LogP contribution is 2.18. The molecule has 0 aliphatic rings. The van der Waals surface area contributed by atoms with Gasteiger partial charge in [-0.2, -0.15) is 0 Å². The standard InChI is InChI=1S/C16H22N4OS/c1-3-20(4-2)14-8-5-12(6-9-14)18-15(21)10-7-13-11-22-16(17)19-13/h5-6,8-9,11H,3-4,7,10H2,1-2H3,(H2,17,19)(H,18,21). The van der Waals surface area contributed by atoms with E-state index in [1.165, 1.54) is 17.0 Å². The van der Waals surface area contributed by atoms with Crippen molar-refractivity contribution >= 4 is 33.8 Å². The summed E-state index contributed by atoms with van der Waals surface area (Å²) < 4.78 is 0. The predicted octanol–water partition coefficient (Wildman–Crippen LogP) is 3.14. The Morgan fingerprint density at radius 2 is 1.95 bits per heavy atom. The molecule has 0 radical (unpaired) electrons. The first-order chi connectivity index (χ1) is 10.6. The Morgan fingerprint density at radius 1 is 1.27 bits per heavy atom. The summed E-state index contributed by atoms with van der Waals surface area (Å²) in [4.78, 5) is 18.4. The zero-order chi connectivity index (χ0) is 15.9. The Hall–Kier alpha value is -2.08. The number of carbonyl (C=O) groups is 1. The Balaban J connectivity index is 1.86. The van der Waals surface area contributed by atoms with Crippen molar-refractivity contribution in [2.45, 2.75) is 26.7 Å². The van der Waals surface area contributed by atoms with Gasteiger partial charge in [0.2, 0.25) is 5.91 Å². The fraction of sp³-hybridized carbons (Fsp3) is 0.375. The van der Waals surface area contributed by atoms with Crippen LogP contribution in [0, 0.1) is 0 Å². The van der Waals surface area contributed by atoms with Gasteiger partial charge < -0.3 is 16.0 Å². The molecule has 0 fully saturated rings. The number of aryl methyl sites for hydroxylation is 1. The van der Waals surface area contributed by atoms with Crippen LogP contribution in [-0.2, 0) is 11.2 Å². The summed E-state index contributed by atoms with van der Waals surface area (Å²) >= 11 is 1.40. The van der Waals surface area contributed by atoms with E-state index < -0.39 is 0 Å². The van der Waals surface area contributed by atoms with Crippen molar-refractivity contribution in [2.24, 2.45) is 0 Å². The fourth-order valence-electron chi connectivity index (χ4n) is 2.25. The zero-order valence-electron chi connectivity index (χ0n) is 13.0. The minimum atomic E-state index is -0.0119. The van der Waals surface area contributed by atoms with Crippen LogP contribution in [0.3, 0.4) is 0 Å². The van der Waals surface area contributed by atoms with Gasteiger partial charge >= 0.3 is 0 Å². The molecule has 1 amide bonds. The van der Waals surface area contributed by atoms with Crippen molar-refractivity contribution in [1.82, 2.24) is 4.98 Å². The summed E-state index contributed by atoms with van der Waals surface area (Å²) in [6, 6.07) is 7.94. The number of amides is 1. The third-order valence-electron chi connectivity index (χ3n) is 3.46. The van der Waals surface area contributed by atoms with Gasteiger partial charge in [0.15, 0.2) is 5.13 Å². The first-order valence-corrected chi connectivity index (χ1v) is 8.35. The molecule has 1 heterocycles. The van der Waals surface area contributed by atoms with Crippen LogP contribution < -0.4 is 16.0 Å². The minimum absolute atomic E-state index is 0.0119. The highest BCUT2D eigenvalue weighted by atomic mass is 32.1. The number of thiazole rings is 1. The normalized spacial score (nSPS) is 10.5. The van der Waals surface area contributed by atoms with E-state index in [9.17, 15) is 4.79 Å². The molecule has 118 valence electrons. The summed E-state index contributed by atoms with van der Waals surface area (Å²) in [6.07, 6.45) is 1.01. The smallest absolute Gasteiger partial charge is 0.224 e. The van der Waals surface area contributed by atoms with E-state index in [0.29, 0.717) is 18.0 Å². The third-order valence-corrected chi connectivity index (χ3v) is 4.18. The number of aromatic nitrogens is 1. The molecule has 1 aromatic heterocycles. The quantitative estimate of drug-likeness (QED) is 0.822. The number of hydrogen-bond acceptors (Lipinski definition) is 5. The van der Waals surface area contributed by atoms with Crippen LogP contribution in [0.2, 0.25) is 0 Å². The van der Waals surface area contributed by atoms with Crippen molar-refractivity contribution in [3.63, 3.8) is 0 Å². The average molecular weight is 318 g/mol. The van der Waals surface area contributed by atoms with Gasteiger partial charge in [-0.05, 0) is 44.5 Å². The summed E-state index contributed by atoms with van der Waals surface area (Å²) in [7, 11) is 0. The summed E-state index contributed by atoms with van der Waals surface area (Å²) in [5, 5.41) is 5.34. The van der Waals surface area contributed by atoms with Crippen LogP contribution in [0.4, 0.5) is 16.5 Å². The highest BCUT2D eigenvalue weighted by molar-refractivity contribution is 7.13. The van der Waals surface area contributed by atoms with Crippen LogP contribution in [0.15, 0.2) is 29.6 Å². The molecule has 0 aliphatic heterocycles. The average Bonchev–Trinajstić information content (AvgIpc) is 2.94. The number of nitrogens with zero attached hydrogens (tertiary/aromatic N) is 2. The predicted molar refractivity (Wildman–Crippen MR) is 93.5 cm³/mol. The molecular formula is C16H22N4OS. The lowest BCUT2D eigenvalue weighted by atomic mass is 10.2. The van der Waals surface area contributed by atoms with Crippen LogP contribution in [-0.4, -0.2) is 24.0 Å². The monoisotopic (exact) mass is 318 g/mol. The Kier molecular flexibility index (Phi) is 5.77. The molecule has 0 saturated heterocycles. The second-order valence-corrected chi connectivity index (χ2v) is 5.83. The lowest BCUT2D eigenvalue weighted by Gasteiger charge is -2.21. The molecule has 2 rings (SSSR count). The van der Waals surface area contributed by atoms with Gasteiger partial charge in [0.1, 0.15) is 0 Å². The molecule has 22 heavy (non-hydrogen) atoms. The number of nitrogens with one attached hydrogen (secondary N) is 1. The van der Waals surface area contributed by atoms with Crippen molar-refractivity contribution in [2.75, 3.05) is 29.0 Å². The van der Waals surface area contributed by atoms with Crippen LogP contribution in [0.25, 0.3) is 0 Å². The van der Waals surface area contributed by atoms with E-state index in [1.54, 1.807) is 0 Å². The SMILES string of the molecule is CCN(CC)c1ccc(NC(=O)CCc2csc(N)n2)cc1. The minimum Gasteiger partial charge on any atom is -0.375 e. The maximum Gasteiger partial charge on any atom is 0.224 e. The molecule has 1 aromatic carbocycles. The molecule has 5 nitrogen and oxygen atoms in total. The van der Waals surface area contributed by atoms with Crippen molar-refractivity contribution < 1.29 is 4.79 Å². The largest absolute Gasteiger partial charge is 0.375 e. The maximum absolute atomic E-state index is 11.9. The molecule has 3 N–H and O–H groups in total. The molecular weight excluding hydrogens is 296 g/mol. The maximum atomic E-state index is 11.9. The summed E-state index contributed by atoms with van der Waals surface area (Å²) in [6.45, 7) is 6.20. The van der Waals surface area contributed by atoms with Crippen LogP contribution >= 0.6 is 11.3 Å². The summed E-state index contributed by atoms with van der Waals surface area (Å²) in [5.41, 5.74) is 8.43. The van der Waals surface area contributed by atoms with E-state index in [4.69, 9.17) is 5.73 Å². The number of nitrogen functional groups attached to an aromatic ring is 1. The van der Waals surface area contributed by atoms with Gasteiger partial charge in [0.05, 0.1) is 5.69 Å². The number of anilines is 3. The molecule has 0 unspecified atom stereocenters. The third kappa shape index (κ3) is 4.46. The van der Waals surface area contributed by atoms with Crippen molar-refractivity contribution in [1.29, 1.82) is 0 Å². The molecule has 0 atom stereocenters. The van der Waals surface area contributed by atoms with Gasteiger partial charge in [-0.25, -0.2) is 4.98 Å². The Bertz CT molecular complexity index is 605. The van der Waals surface area contributed by atoms with E-state index in [1.807, 2.05) is 29.6 Å². The van der Waals surface area contributed by atoms with Crippen molar-refractivity contribution in [3.8, 4) is 0 Å². The first kappa shape index (κ1) is 16.3. The Morgan fingerprint density at radius 3 is 2.50 bits per heavy atom. The second kappa shape index (κ2) is 7.79. The Labute approximate surface area is 135 Å². The van der Waals surface area contributed by atoms with E-state index in [0.717, 1.165) is 24.5 Å². The van der Waals surface area contributed by atoms with Gasteiger partial charge in [-0.3, -0.25) is 4.79 Å². The van der Waals surface area contributed by atoms with E-state index in [2.05, 4.69) is 29.0 Å². The highest BCUT2D eigenvalue weighted by Gasteiger charge is 2.06. The fourth-order valence-corrected chi connectivity index (χ4v) is 2.84. The van der Waals surface area contributed by atoms with Gasteiger partial charge in [-0.1, -0.05) is 0 Å². The molecule has 0 spiro atoms. The lowest BCUT2D eigenvalue weighted by molar-refractivity contribution is -0.116. The number of carbonyl (C=O) groups excluding carboxylic acids is 1. The zero-order valence-corrected chi connectivity index (χ0v) is 13.8. The van der Waals surface area contributed by atoms with Crippen LogP contribution in [0.1, 0.15) is 26.0 Å². The van der Waals surface area contributed by atoms with Gasteiger partial charge in [-0.15, -0.1) is 11.3 Å². The summed E-state index contributed by atoms with van der Waals surface area (Å²) in [5.74, 6) is -0.0119. The lowest BCUT2D eigenvalue weighted by Crippen LogP contribution is -2.21. The number of hydrogen-bond donors (Lipinski definition) is 2. The van der Waals surface area contributed by atoms with Crippen molar-refractivity contribution in [3.05, 3.63) is 35.3 Å². The van der Waals surface area contributed by atoms with Gasteiger partial charge in [0, 0.05) is 36.3 Å². The molecule has 0 bridgehead atoms. The number of nitrogens with two attached hydrogens (primary N) is 1. The van der Waals surface area contributed by atoms with Crippen LogP contribution in [0.5, 0.6) is 0 Å². The van der Waals surface area contributed by atoms with Gasteiger partial charge in [0.25, 0.3) is 0 Å². The molecule has 0 aliphatic carbocycles. The topological polar surface area (TPSA) is 71.2 Å². The number of rotatable bonds is 7. The molecule has 2 aromatic rings. The van der Waals surface area contributed by atoms with E-state index in [-0.39, 0.29) is 5.91 Å².